The smallest absolute Gasteiger partial charge is 0.227 e. The van der Waals surface area contributed by atoms with Gasteiger partial charge in [0.1, 0.15) is 6.29 Å². The van der Waals surface area contributed by atoms with Crippen LogP contribution in [0.25, 0.3) is 6.08 Å². The zero-order valence-corrected chi connectivity index (χ0v) is 15.5. The van der Waals surface area contributed by atoms with Gasteiger partial charge in [-0.15, -0.1) is 0 Å². The molecule has 0 fully saturated rings. The Morgan fingerprint density at radius 1 is 1.04 bits per heavy atom. The topological polar surface area (TPSA) is 74.8 Å². The van der Waals surface area contributed by atoms with E-state index >= 15 is 0 Å². The summed E-state index contributed by atoms with van der Waals surface area (Å²) >= 11 is 0. The highest BCUT2D eigenvalue weighted by molar-refractivity contribution is 5.84. The molecule has 142 valence electrons. The standard InChI is InChI=1S/C23H23N3O2/c27-16-22(14-21-15-24-17-25-21)26-23(28)20(13-19-9-5-2-6-10-19)12-11-18-7-3-1-4-8-18/h1-12,15-17,20,22H,13-14H2,(H,24,25)(H,26,28)/t20?,22-/m0/s1. The van der Waals surface area contributed by atoms with Crippen molar-refractivity contribution >= 4 is 18.3 Å². The van der Waals surface area contributed by atoms with Crippen molar-refractivity contribution in [2.45, 2.75) is 18.9 Å². The van der Waals surface area contributed by atoms with Gasteiger partial charge in [-0.2, -0.15) is 0 Å². The second-order valence-electron chi connectivity index (χ2n) is 6.60. The number of amides is 1. The van der Waals surface area contributed by atoms with Gasteiger partial charge in [0.15, 0.2) is 0 Å². The molecule has 0 aliphatic carbocycles. The van der Waals surface area contributed by atoms with Crippen molar-refractivity contribution in [3.63, 3.8) is 0 Å². The van der Waals surface area contributed by atoms with E-state index in [1.54, 1.807) is 12.5 Å². The van der Waals surface area contributed by atoms with E-state index in [4.69, 9.17) is 0 Å². The molecule has 1 heterocycles. The minimum atomic E-state index is -0.601. The minimum Gasteiger partial charge on any atom is -0.348 e. The van der Waals surface area contributed by atoms with Crippen LogP contribution in [0.4, 0.5) is 0 Å². The Kier molecular flexibility index (Phi) is 6.90. The molecule has 0 aliphatic rings. The molecular formula is C23H23N3O2. The minimum absolute atomic E-state index is 0.173. The molecule has 0 spiro atoms. The number of rotatable bonds is 9. The van der Waals surface area contributed by atoms with Crippen molar-refractivity contribution in [2.24, 2.45) is 5.92 Å². The van der Waals surface area contributed by atoms with E-state index in [9.17, 15) is 9.59 Å². The molecule has 0 saturated carbocycles. The molecule has 0 saturated heterocycles. The average Bonchev–Trinajstić information content (AvgIpc) is 3.25. The number of benzene rings is 2. The molecule has 2 atom stereocenters. The summed E-state index contributed by atoms with van der Waals surface area (Å²) in [6, 6.07) is 19.1. The molecule has 2 aromatic carbocycles. The molecule has 2 N–H and O–H groups in total. The zero-order chi connectivity index (χ0) is 19.6. The first kappa shape index (κ1) is 19.3. The van der Waals surface area contributed by atoms with Crippen molar-refractivity contribution in [2.75, 3.05) is 0 Å². The highest BCUT2D eigenvalue weighted by Crippen LogP contribution is 2.14. The molecule has 3 rings (SSSR count). The van der Waals surface area contributed by atoms with Gasteiger partial charge in [0.2, 0.25) is 5.91 Å². The lowest BCUT2D eigenvalue weighted by molar-refractivity contribution is -0.126. The number of aromatic nitrogens is 2. The van der Waals surface area contributed by atoms with Crippen molar-refractivity contribution < 1.29 is 9.59 Å². The van der Waals surface area contributed by atoms with Gasteiger partial charge in [-0.05, 0) is 17.5 Å². The van der Waals surface area contributed by atoms with E-state index in [-0.39, 0.29) is 11.8 Å². The maximum absolute atomic E-state index is 12.9. The fourth-order valence-electron chi connectivity index (χ4n) is 2.96. The Balaban J connectivity index is 1.73. The van der Waals surface area contributed by atoms with E-state index < -0.39 is 6.04 Å². The Hall–Kier alpha value is -3.47. The molecule has 0 bridgehead atoms. The van der Waals surface area contributed by atoms with Crippen LogP contribution in [-0.2, 0) is 22.4 Å². The Morgan fingerprint density at radius 2 is 1.75 bits per heavy atom. The number of aldehydes is 1. The SMILES string of the molecule is O=C[C@H](Cc1cnc[nH]1)NC(=O)C(C=Cc1ccccc1)Cc1ccccc1. The predicted molar refractivity (Wildman–Crippen MR) is 109 cm³/mol. The lowest BCUT2D eigenvalue weighted by Gasteiger charge is -2.17. The van der Waals surface area contributed by atoms with Gasteiger partial charge in [0, 0.05) is 18.3 Å². The summed E-state index contributed by atoms with van der Waals surface area (Å²) in [5.41, 5.74) is 2.89. The van der Waals surface area contributed by atoms with Crippen LogP contribution >= 0.6 is 0 Å². The highest BCUT2D eigenvalue weighted by Gasteiger charge is 2.20. The van der Waals surface area contributed by atoms with Gasteiger partial charge in [-0.1, -0.05) is 72.8 Å². The van der Waals surface area contributed by atoms with Crippen molar-refractivity contribution in [1.29, 1.82) is 0 Å². The van der Waals surface area contributed by atoms with Gasteiger partial charge < -0.3 is 15.1 Å². The van der Waals surface area contributed by atoms with Gasteiger partial charge in [-0.25, -0.2) is 4.98 Å². The van der Waals surface area contributed by atoms with Crippen molar-refractivity contribution in [3.05, 3.63) is 96.1 Å². The van der Waals surface area contributed by atoms with Crippen LogP contribution in [0.2, 0.25) is 0 Å². The predicted octanol–water partition coefficient (Wildman–Crippen LogP) is 3.21. The number of aromatic amines is 1. The van der Waals surface area contributed by atoms with Gasteiger partial charge in [-0.3, -0.25) is 4.79 Å². The molecule has 3 aromatic rings. The van der Waals surface area contributed by atoms with Gasteiger partial charge in [0.05, 0.1) is 18.3 Å². The third kappa shape index (κ3) is 5.77. The maximum atomic E-state index is 12.9. The van der Waals surface area contributed by atoms with Crippen molar-refractivity contribution in [1.82, 2.24) is 15.3 Å². The fourth-order valence-corrected chi connectivity index (χ4v) is 2.96. The number of nitrogens with zero attached hydrogens (tertiary/aromatic N) is 1. The van der Waals surface area contributed by atoms with Crippen LogP contribution in [-0.4, -0.2) is 28.2 Å². The van der Waals surface area contributed by atoms with Crippen LogP contribution in [0, 0.1) is 5.92 Å². The molecule has 1 amide bonds. The molecule has 5 heteroatoms. The summed E-state index contributed by atoms with van der Waals surface area (Å²) in [4.78, 5) is 31.3. The Labute approximate surface area is 164 Å². The molecule has 28 heavy (non-hydrogen) atoms. The average molecular weight is 373 g/mol. The Morgan fingerprint density at radius 3 is 2.39 bits per heavy atom. The van der Waals surface area contributed by atoms with E-state index in [1.807, 2.05) is 72.8 Å². The zero-order valence-electron chi connectivity index (χ0n) is 15.5. The van der Waals surface area contributed by atoms with Crippen LogP contribution < -0.4 is 5.32 Å². The number of nitrogens with one attached hydrogen (secondary N) is 2. The molecule has 1 aromatic heterocycles. The third-order valence-electron chi connectivity index (χ3n) is 4.44. The molecule has 1 unspecified atom stereocenters. The molecule has 5 nitrogen and oxygen atoms in total. The summed E-state index contributed by atoms with van der Waals surface area (Å²) in [5.74, 6) is -0.556. The molecular weight excluding hydrogens is 350 g/mol. The summed E-state index contributed by atoms with van der Waals surface area (Å²) in [6.45, 7) is 0. The molecule has 0 aliphatic heterocycles. The van der Waals surface area contributed by atoms with Gasteiger partial charge in [0.25, 0.3) is 0 Å². The number of H-pyrrole nitrogens is 1. The van der Waals surface area contributed by atoms with E-state index in [0.717, 1.165) is 23.1 Å². The second-order valence-corrected chi connectivity index (χ2v) is 6.60. The number of hydrogen-bond acceptors (Lipinski definition) is 3. The summed E-state index contributed by atoms with van der Waals surface area (Å²) < 4.78 is 0. The van der Waals surface area contributed by atoms with Crippen LogP contribution in [0.3, 0.4) is 0 Å². The maximum Gasteiger partial charge on any atom is 0.227 e. The summed E-state index contributed by atoms with van der Waals surface area (Å²) in [7, 11) is 0. The third-order valence-corrected chi connectivity index (χ3v) is 4.44. The first-order valence-corrected chi connectivity index (χ1v) is 9.24. The quantitative estimate of drug-likeness (QED) is 0.566. The lowest BCUT2D eigenvalue weighted by Crippen LogP contribution is -2.41. The van der Waals surface area contributed by atoms with E-state index in [1.165, 1.54) is 0 Å². The Bertz CT molecular complexity index is 890. The first-order chi connectivity index (χ1) is 13.7. The molecule has 0 radical (unpaired) electrons. The summed E-state index contributed by atoms with van der Waals surface area (Å²) in [5, 5.41) is 2.86. The highest BCUT2D eigenvalue weighted by atomic mass is 16.2. The monoisotopic (exact) mass is 373 g/mol. The van der Waals surface area contributed by atoms with E-state index in [0.29, 0.717) is 12.8 Å². The van der Waals surface area contributed by atoms with Crippen LogP contribution in [0.15, 0.2) is 79.3 Å². The normalized spacial score (nSPS) is 13.1. The lowest BCUT2D eigenvalue weighted by atomic mass is 9.96. The van der Waals surface area contributed by atoms with Crippen molar-refractivity contribution in [3.8, 4) is 0 Å². The van der Waals surface area contributed by atoms with Crippen LogP contribution in [0.5, 0.6) is 0 Å². The second kappa shape index (κ2) is 10.0. The van der Waals surface area contributed by atoms with Crippen LogP contribution in [0.1, 0.15) is 16.8 Å². The number of carbonyl (C=O) groups is 2. The van der Waals surface area contributed by atoms with E-state index in [2.05, 4.69) is 15.3 Å². The summed E-state index contributed by atoms with van der Waals surface area (Å²) in [6.07, 6.45) is 8.76. The number of carbonyl (C=O) groups excluding carboxylic acids is 2. The first-order valence-electron chi connectivity index (χ1n) is 9.24. The largest absolute Gasteiger partial charge is 0.348 e. The number of hydrogen-bond donors (Lipinski definition) is 2. The van der Waals surface area contributed by atoms with Gasteiger partial charge >= 0.3 is 0 Å². The fraction of sp³-hybridized carbons (Fsp3) is 0.174. The number of imidazole rings is 1.